The zero-order valence-electron chi connectivity index (χ0n) is 11.9. The van der Waals surface area contributed by atoms with Gasteiger partial charge in [0.2, 0.25) is 0 Å². The van der Waals surface area contributed by atoms with Crippen molar-refractivity contribution < 1.29 is 4.74 Å². The minimum absolute atomic E-state index is 0.307. The third-order valence-electron chi connectivity index (χ3n) is 3.52. The lowest BCUT2D eigenvalue weighted by molar-refractivity contribution is 0.387. The summed E-state index contributed by atoms with van der Waals surface area (Å²) in [5, 5.41) is 4.28. The van der Waals surface area contributed by atoms with E-state index < -0.39 is 0 Å². The second-order valence-electron chi connectivity index (χ2n) is 4.93. The molecule has 0 aromatic carbocycles. The summed E-state index contributed by atoms with van der Waals surface area (Å²) in [6.45, 7) is 3.23. The molecule has 1 N–H and O–H groups in total. The van der Waals surface area contributed by atoms with Crippen LogP contribution in [0, 0.1) is 0 Å². The Kier molecular flexibility index (Phi) is 5.98. The van der Waals surface area contributed by atoms with Crippen molar-refractivity contribution in [3.8, 4) is 5.75 Å². The van der Waals surface area contributed by atoms with E-state index in [2.05, 4.69) is 29.0 Å². The summed E-state index contributed by atoms with van der Waals surface area (Å²) >= 11 is 2.08. The van der Waals surface area contributed by atoms with Crippen LogP contribution < -0.4 is 10.1 Å². The molecule has 0 spiro atoms. The summed E-state index contributed by atoms with van der Waals surface area (Å²) in [5.41, 5.74) is 1.07. The van der Waals surface area contributed by atoms with Gasteiger partial charge >= 0.3 is 0 Å². The molecule has 4 heteroatoms. The summed E-state index contributed by atoms with van der Waals surface area (Å²) in [4.78, 5) is 4.58. The van der Waals surface area contributed by atoms with Crippen molar-refractivity contribution in [1.82, 2.24) is 10.3 Å². The van der Waals surface area contributed by atoms with E-state index in [1.165, 1.54) is 25.0 Å². The van der Waals surface area contributed by atoms with Crippen molar-refractivity contribution in [2.24, 2.45) is 0 Å². The standard InChI is InChI=1S/C15H24N2OS/c1-3-9-16-15(13-8-4-5-11-19-13)14-12(18-2)7-6-10-17-14/h6-7,10,13,15-16H,3-5,8-9,11H2,1-2H3. The fourth-order valence-electron chi connectivity index (χ4n) is 2.54. The molecule has 3 nitrogen and oxygen atoms in total. The highest BCUT2D eigenvalue weighted by molar-refractivity contribution is 8.00. The number of nitrogens with one attached hydrogen (secondary N) is 1. The summed E-state index contributed by atoms with van der Waals surface area (Å²) in [6, 6.07) is 4.25. The molecule has 1 saturated heterocycles. The molecule has 1 aliphatic rings. The van der Waals surface area contributed by atoms with Gasteiger partial charge in [-0.15, -0.1) is 0 Å². The lowest BCUT2D eigenvalue weighted by Gasteiger charge is -2.31. The quantitative estimate of drug-likeness (QED) is 0.866. The average molecular weight is 280 g/mol. The molecule has 2 rings (SSSR count). The number of pyridine rings is 1. The Bertz CT molecular complexity index is 380. The summed E-state index contributed by atoms with van der Waals surface area (Å²) in [5.74, 6) is 2.17. The number of thioether (sulfide) groups is 1. The summed E-state index contributed by atoms with van der Waals surface area (Å²) in [6.07, 6.45) is 6.96. The van der Waals surface area contributed by atoms with Crippen LogP contribution in [0.5, 0.6) is 5.75 Å². The molecular weight excluding hydrogens is 256 g/mol. The first-order valence-corrected chi connectivity index (χ1v) is 8.25. The number of methoxy groups -OCH3 is 1. The van der Waals surface area contributed by atoms with Crippen molar-refractivity contribution in [3.63, 3.8) is 0 Å². The fourth-order valence-corrected chi connectivity index (χ4v) is 3.97. The molecule has 106 valence electrons. The summed E-state index contributed by atoms with van der Waals surface area (Å²) in [7, 11) is 1.73. The van der Waals surface area contributed by atoms with E-state index in [-0.39, 0.29) is 0 Å². The summed E-state index contributed by atoms with van der Waals surface area (Å²) < 4.78 is 5.49. The molecule has 0 radical (unpaired) electrons. The topological polar surface area (TPSA) is 34.2 Å². The monoisotopic (exact) mass is 280 g/mol. The van der Waals surface area contributed by atoms with E-state index in [0.29, 0.717) is 11.3 Å². The van der Waals surface area contributed by atoms with Gasteiger partial charge in [-0.3, -0.25) is 4.98 Å². The van der Waals surface area contributed by atoms with Crippen molar-refractivity contribution in [3.05, 3.63) is 24.0 Å². The third-order valence-corrected chi connectivity index (χ3v) is 4.98. The van der Waals surface area contributed by atoms with Gasteiger partial charge in [-0.05, 0) is 43.7 Å². The van der Waals surface area contributed by atoms with Gasteiger partial charge < -0.3 is 10.1 Å². The SMILES string of the molecule is CCCNC(c1ncccc1OC)C1CCCCS1. The molecule has 1 aromatic heterocycles. The Balaban J connectivity index is 2.19. The molecule has 1 fully saturated rings. The predicted octanol–water partition coefficient (Wildman–Crippen LogP) is 3.42. The highest BCUT2D eigenvalue weighted by Gasteiger charge is 2.28. The van der Waals surface area contributed by atoms with Crippen LogP contribution in [-0.4, -0.2) is 29.6 Å². The van der Waals surface area contributed by atoms with E-state index >= 15 is 0 Å². The van der Waals surface area contributed by atoms with Gasteiger partial charge in [-0.1, -0.05) is 13.3 Å². The average Bonchev–Trinajstić information content (AvgIpc) is 2.49. The molecule has 0 amide bonds. The number of ether oxygens (including phenoxy) is 1. The molecule has 19 heavy (non-hydrogen) atoms. The zero-order valence-corrected chi connectivity index (χ0v) is 12.7. The molecule has 1 aliphatic heterocycles. The molecule has 2 unspecified atom stereocenters. The maximum absolute atomic E-state index is 5.49. The number of aromatic nitrogens is 1. The van der Waals surface area contributed by atoms with Crippen LogP contribution in [0.2, 0.25) is 0 Å². The normalized spacial score (nSPS) is 21.1. The Hall–Kier alpha value is -0.740. The molecule has 0 saturated carbocycles. The Morgan fingerprint density at radius 3 is 3.11 bits per heavy atom. The van der Waals surface area contributed by atoms with Crippen molar-refractivity contribution in [2.45, 2.75) is 43.9 Å². The number of rotatable bonds is 6. The predicted molar refractivity (Wildman–Crippen MR) is 81.9 cm³/mol. The van der Waals surface area contributed by atoms with E-state index in [1.807, 2.05) is 18.3 Å². The first-order valence-electron chi connectivity index (χ1n) is 7.20. The molecule has 0 aliphatic carbocycles. The molecular formula is C15H24N2OS. The van der Waals surface area contributed by atoms with Gasteiger partial charge in [0.15, 0.2) is 0 Å². The fraction of sp³-hybridized carbons (Fsp3) is 0.667. The molecule has 2 heterocycles. The van der Waals surface area contributed by atoms with Crippen LogP contribution in [0.15, 0.2) is 18.3 Å². The first-order chi connectivity index (χ1) is 9.36. The number of hydrogen-bond donors (Lipinski definition) is 1. The van der Waals surface area contributed by atoms with Crippen molar-refractivity contribution in [1.29, 1.82) is 0 Å². The maximum atomic E-state index is 5.49. The number of hydrogen-bond acceptors (Lipinski definition) is 4. The smallest absolute Gasteiger partial charge is 0.142 e. The van der Waals surface area contributed by atoms with E-state index in [9.17, 15) is 0 Å². The van der Waals surface area contributed by atoms with Crippen LogP contribution in [0.1, 0.15) is 44.3 Å². The van der Waals surface area contributed by atoms with Crippen molar-refractivity contribution in [2.75, 3.05) is 19.4 Å². The van der Waals surface area contributed by atoms with Crippen LogP contribution in [0.3, 0.4) is 0 Å². The van der Waals surface area contributed by atoms with Gasteiger partial charge in [0, 0.05) is 11.4 Å². The second kappa shape index (κ2) is 7.75. The Morgan fingerprint density at radius 2 is 2.42 bits per heavy atom. The largest absolute Gasteiger partial charge is 0.495 e. The Labute approximate surface area is 120 Å². The van der Waals surface area contributed by atoms with Crippen LogP contribution in [-0.2, 0) is 0 Å². The lowest BCUT2D eigenvalue weighted by Crippen LogP contribution is -2.33. The van der Waals surface area contributed by atoms with Crippen LogP contribution in [0.25, 0.3) is 0 Å². The zero-order chi connectivity index (χ0) is 13.5. The van der Waals surface area contributed by atoms with Crippen LogP contribution in [0.4, 0.5) is 0 Å². The molecule has 2 atom stereocenters. The van der Waals surface area contributed by atoms with Crippen molar-refractivity contribution >= 4 is 11.8 Å². The van der Waals surface area contributed by atoms with Gasteiger partial charge in [-0.2, -0.15) is 11.8 Å². The second-order valence-corrected chi connectivity index (χ2v) is 6.27. The maximum Gasteiger partial charge on any atom is 0.142 e. The molecule has 0 bridgehead atoms. The third kappa shape index (κ3) is 3.86. The molecule has 1 aromatic rings. The van der Waals surface area contributed by atoms with Crippen LogP contribution >= 0.6 is 11.8 Å². The minimum atomic E-state index is 0.307. The van der Waals surface area contributed by atoms with Gasteiger partial charge in [-0.25, -0.2) is 0 Å². The van der Waals surface area contributed by atoms with Gasteiger partial charge in [0.25, 0.3) is 0 Å². The van der Waals surface area contributed by atoms with Gasteiger partial charge in [0.1, 0.15) is 11.4 Å². The van der Waals surface area contributed by atoms with E-state index in [1.54, 1.807) is 7.11 Å². The lowest BCUT2D eigenvalue weighted by atomic mass is 10.0. The highest BCUT2D eigenvalue weighted by Crippen LogP contribution is 2.36. The highest BCUT2D eigenvalue weighted by atomic mass is 32.2. The minimum Gasteiger partial charge on any atom is -0.495 e. The van der Waals surface area contributed by atoms with Gasteiger partial charge in [0.05, 0.1) is 13.2 Å². The van der Waals surface area contributed by atoms with E-state index in [0.717, 1.165) is 24.4 Å². The number of nitrogens with zero attached hydrogens (tertiary/aromatic N) is 1. The Morgan fingerprint density at radius 1 is 1.53 bits per heavy atom. The first kappa shape index (κ1) is 14.7. The van der Waals surface area contributed by atoms with E-state index in [4.69, 9.17) is 4.74 Å².